The van der Waals surface area contributed by atoms with Gasteiger partial charge in [0.2, 0.25) is 0 Å². The van der Waals surface area contributed by atoms with Gasteiger partial charge in [0.05, 0.1) is 25.7 Å². The van der Waals surface area contributed by atoms with Crippen molar-refractivity contribution in [2.45, 2.75) is 12.5 Å². The van der Waals surface area contributed by atoms with Gasteiger partial charge in [0.15, 0.2) is 6.10 Å². The second-order valence-electron chi connectivity index (χ2n) is 2.04. The maximum atomic E-state index is 10.6. The van der Waals surface area contributed by atoms with Crippen LogP contribution in [0.25, 0.3) is 0 Å². The summed E-state index contributed by atoms with van der Waals surface area (Å²) in [4.78, 5) is 10.6. The summed E-state index contributed by atoms with van der Waals surface area (Å²) >= 11 is 0. The highest BCUT2D eigenvalue weighted by atomic mass is 16.6. The molecule has 58 valence electrons. The summed E-state index contributed by atoms with van der Waals surface area (Å²) < 4.78 is 9.54. The smallest absolute Gasteiger partial charge is 0.335 e. The van der Waals surface area contributed by atoms with Crippen LogP contribution in [0.15, 0.2) is 11.8 Å². The molecule has 0 unspecified atom stereocenters. The molecule has 1 aliphatic rings. The second-order valence-corrected chi connectivity index (χ2v) is 2.04. The number of hydrogen-bond donors (Lipinski definition) is 0. The van der Waals surface area contributed by atoms with Crippen LogP contribution in [-0.2, 0) is 14.3 Å². The van der Waals surface area contributed by atoms with Crippen LogP contribution in [0.2, 0.25) is 0 Å². The van der Waals surface area contributed by atoms with Gasteiger partial charge in [-0.05, 0) is 0 Å². The van der Waals surface area contributed by atoms with Crippen LogP contribution < -0.4 is 0 Å². The number of carbonyl (C=O) groups is 1. The number of rotatable bonds is 2. The van der Waals surface area contributed by atoms with E-state index in [9.17, 15) is 4.79 Å². The predicted molar refractivity (Wildman–Crippen MR) is 35.2 cm³/mol. The number of nitrogens with zero attached hydrogens (tertiary/aromatic N) is 1. The van der Waals surface area contributed by atoms with Crippen LogP contribution in [0, 0.1) is 11.3 Å². The van der Waals surface area contributed by atoms with E-state index >= 15 is 0 Å². The Bertz CT molecular complexity index is 239. The van der Waals surface area contributed by atoms with Crippen molar-refractivity contribution in [1.29, 1.82) is 5.26 Å². The minimum absolute atomic E-state index is 0.144. The lowest BCUT2D eigenvalue weighted by atomic mass is 10.2. The average Bonchev–Trinajstić information content (AvgIpc) is 2.32. The van der Waals surface area contributed by atoms with E-state index in [0.717, 1.165) is 0 Å². The van der Waals surface area contributed by atoms with Gasteiger partial charge in [-0.2, -0.15) is 5.26 Å². The lowest BCUT2D eigenvalue weighted by Gasteiger charge is -2.07. The topological polar surface area (TPSA) is 59.3 Å². The van der Waals surface area contributed by atoms with Crippen LogP contribution in [-0.4, -0.2) is 19.2 Å². The van der Waals surface area contributed by atoms with Gasteiger partial charge in [-0.3, -0.25) is 0 Å². The van der Waals surface area contributed by atoms with E-state index in [1.54, 1.807) is 0 Å². The van der Waals surface area contributed by atoms with Gasteiger partial charge < -0.3 is 9.47 Å². The minimum atomic E-state index is -0.502. The van der Waals surface area contributed by atoms with Crippen LogP contribution in [0.4, 0.5) is 0 Å². The molecule has 1 atom stereocenters. The van der Waals surface area contributed by atoms with Gasteiger partial charge in [0.1, 0.15) is 5.76 Å². The van der Waals surface area contributed by atoms with Gasteiger partial charge >= 0.3 is 5.97 Å². The minimum Gasteiger partial charge on any atom is -0.497 e. The largest absolute Gasteiger partial charge is 0.497 e. The molecule has 0 N–H and O–H groups in total. The quantitative estimate of drug-likeness (QED) is 0.537. The summed E-state index contributed by atoms with van der Waals surface area (Å²) in [5.74, 6) is -0.0151. The summed E-state index contributed by atoms with van der Waals surface area (Å²) in [7, 11) is 1.44. The highest BCUT2D eigenvalue weighted by Crippen LogP contribution is 2.18. The third-order valence-corrected chi connectivity index (χ3v) is 1.35. The zero-order valence-electron chi connectivity index (χ0n) is 6.03. The van der Waals surface area contributed by atoms with E-state index in [1.165, 1.54) is 13.2 Å². The summed E-state index contributed by atoms with van der Waals surface area (Å²) in [6.45, 7) is 0. The molecule has 0 aromatic heterocycles. The Balaban J connectivity index is 2.65. The van der Waals surface area contributed by atoms with Gasteiger partial charge in [-0.25, -0.2) is 4.79 Å². The number of hydrogen-bond acceptors (Lipinski definition) is 4. The Morgan fingerprint density at radius 3 is 3.18 bits per heavy atom. The molecule has 0 saturated heterocycles. The normalized spacial score (nSPS) is 22.0. The highest BCUT2D eigenvalue weighted by Gasteiger charge is 2.26. The monoisotopic (exact) mass is 153 g/mol. The molecule has 0 aromatic carbocycles. The maximum absolute atomic E-state index is 10.6. The first-order chi connectivity index (χ1) is 5.27. The Labute approximate surface area is 64.0 Å². The zero-order chi connectivity index (χ0) is 8.27. The molecule has 0 spiro atoms. The number of cyclic esters (lactones) is 1. The fourth-order valence-electron chi connectivity index (χ4n) is 0.857. The zero-order valence-corrected chi connectivity index (χ0v) is 6.03. The third kappa shape index (κ3) is 1.49. The van der Waals surface area contributed by atoms with E-state index in [-0.39, 0.29) is 6.42 Å². The second kappa shape index (κ2) is 3.06. The van der Waals surface area contributed by atoms with Crippen molar-refractivity contribution in [3.8, 4) is 6.07 Å². The Hall–Kier alpha value is -1.50. The van der Waals surface area contributed by atoms with Crippen molar-refractivity contribution in [3.63, 3.8) is 0 Å². The fourth-order valence-corrected chi connectivity index (χ4v) is 0.857. The van der Waals surface area contributed by atoms with Crippen molar-refractivity contribution >= 4 is 5.97 Å². The average molecular weight is 153 g/mol. The number of ether oxygens (including phenoxy) is 2. The summed E-state index contributed by atoms with van der Waals surface area (Å²) in [6, 6.07) is 1.90. The summed E-state index contributed by atoms with van der Waals surface area (Å²) in [6.07, 6.45) is 0.894. The predicted octanol–water partition coefficient (Wildman–Crippen LogP) is 0.356. The van der Waals surface area contributed by atoms with Gasteiger partial charge in [-0.1, -0.05) is 0 Å². The Morgan fingerprint density at radius 1 is 1.91 bits per heavy atom. The van der Waals surface area contributed by atoms with E-state index in [2.05, 4.69) is 0 Å². The molecule has 0 bridgehead atoms. The van der Waals surface area contributed by atoms with E-state index in [1.807, 2.05) is 6.07 Å². The maximum Gasteiger partial charge on any atom is 0.335 e. The third-order valence-electron chi connectivity index (χ3n) is 1.35. The van der Waals surface area contributed by atoms with Crippen molar-refractivity contribution in [2.24, 2.45) is 0 Å². The van der Waals surface area contributed by atoms with Crippen LogP contribution in [0.3, 0.4) is 0 Å². The van der Waals surface area contributed by atoms with Gasteiger partial charge in [0, 0.05) is 0 Å². The molecule has 4 nitrogen and oxygen atoms in total. The first-order valence-corrected chi connectivity index (χ1v) is 3.11. The SMILES string of the molecule is COC1=CC(=O)O[C@H]1CC#N. The number of carbonyl (C=O) groups excluding carboxylic acids is 1. The summed E-state index contributed by atoms with van der Waals surface area (Å²) in [5, 5.41) is 8.30. The summed E-state index contributed by atoms with van der Waals surface area (Å²) in [5.41, 5.74) is 0. The first-order valence-electron chi connectivity index (χ1n) is 3.11. The number of methoxy groups -OCH3 is 1. The van der Waals surface area contributed by atoms with E-state index in [4.69, 9.17) is 14.7 Å². The van der Waals surface area contributed by atoms with Crippen LogP contribution >= 0.6 is 0 Å². The van der Waals surface area contributed by atoms with E-state index < -0.39 is 12.1 Å². The number of nitriles is 1. The molecule has 11 heavy (non-hydrogen) atoms. The lowest BCUT2D eigenvalue weighted by Crippen LogP contribution is -2.11. The molecule has 0 radical (unpaired) electrons. The Kier molecular flexibility index (Phi) is 2.12. The molecule has 1 aliphatic heterocycles. The van der Waals surface area contributed by atoms with Crippen molar-refractivity contribution in [3.05, 3.63) is 11.8 Å². The van der Waals surface area contributed by atoms with Gasteiger partial charge in [0.25, 0.3) is 0 Å². The number of esters is 1. The Morgan fingerprint density at radius 2 is 2.64 bits per heavy atom. The molecule has 0 aliphatic carbocycles. The van der Waals surface area contributed by atoms with Crippen molar-refractivity contribution < 1.29 is 14.3 Å². The van der Waals surface area contributed by atoms with Crippen molar-refractivity contribution in [2.75, 3.05) is 7.11 Å². The molecular weight excluding hydrogens is 146 g/mol. The molecule has 4 heteroatoms. The van der Waals surface area contributed by atoms with Crippen molar-refractivity contribution in [1.82, 2.24) is 0 Å². The molecule has 1 heterocycles. The van der Waals surface area contributed by atoms with Gasteiger partial charge in [-0.15, -0.1) is 0 Å². The van der Waals surface area contributed by atoms with Crippen LogP contribution in [0.1, 0.15) is 6.42 Å². The molecular formula is C7H7NO3. The van der Waals surface area contributed by atoms with E-state index in [0.29, 0.717) is 5.76 Å². The molecule has 0 aromatic rings. The molecule has 1 rings (SSSR count). The molecule has 0 saturated carbocycles. The van der Waals surface area contributed by atoms with Crippen LogP contribution in [0.5, 0.6) is 0 Å². The lowest BCUT2D eigenvalue weighted by molar-refractivity contribution is -0.139. The fraction of sp³-hybridized carbons (Fsp3) is 0.429. The first kappa shape index (κ1) is 7.61. The molecule has 0 amide bonds. The standard InChI is InChI=1S/C7H7NO3/c1-10-6-4-7(9)11-5(6)2-3-8/h4-5H,2H2,1H3/t5-/m0/s1. The molecule has 0 fully saturated rings. The highest BCUT2D eigenvalue weighted by molar-refractivity contribution is 5.85.